The van der Waals surface area contributed by atoms with Crippen LogP contribution >= 0.6 is 11.6 Å². The van der Waals surface area contributed by atoms with Crippen LogP contribution in [0.2, 0.25) is 5.02 Å². The van der Waals surface area contributed by atoms with Gasteiger partial charge in [0.2, 0.25) is 0 Å². The first-order chi connectivity index (χ1) is 16.7. The number of rotatable bonds is 8. The molecule has 0 fully saturated rings. The molecule has 0 saturated carbocycles. The quantitative estimate of drug-likeness (QED) is 0.317. The molecule has 2 heterocycles. The van der Waals surface area contributed by atoms with E-state index in [0.29, 0.717) is 28.3 Å². The number of halogens is 1. The lowest BCUT2D eigenvalue weighted by atomic mass is 10.0. The van der Waals surface area contributed by atoms with Crippen LogP contribution in [0.25, 0.3) is 21.9 Å². The number of carboxylic acid groups (broad SMARTS) is 1. The fraction of sp³-hybridized carbons (Fsp3) is 0.240. The van der Waals surface area contributed by atoms with Gasteiger partial charge in [-0.1, -0.05) is 18.5 Å². The SMILES string of the molecule is CCc1cc(=O)oc2cc(O[C@@H](C)C(=O)N[C@H](Cc3c[nH]c4ccc(O)cc34)C(=O)[O-])c(Cl)cc12. The molecule has 0 spiro atoms. The number of carbonyl (C=O) groups excluding carboxylic acids is 2. The number of carboxylic acids is 1. The number of ether oxygens (including phenoxy) is 1. The Labute approximate surface area is 204 Å². The Morgan fingerprint density at radius 3 is 2.69 bits per heavy atom. The Morgan fingerprint density at radius 1 is 1.20 bits per heavy atom. The van der Waals surface area contributed by atoms with Crippen LogP contribution in [0, 0.1) is 0 Å². The van der Waals surface area contributed by atoms with Crippen LogP contribution in [0.15, 0.2) is 51.8 Å². The molecule has 0 unspecified atom stereocenters. The lowest BCUT2D eigenvalue weighted by Gasteiger charge is -2.22. The van der Waals surface area contributed by atoms with Gasteiger partial charge in [0.1, 0.15) is 17.1 Å². The van der Waals surface area contributed by atoms with E-state index in [9.17, 15) is 24.6 Å². The van der Waals surface area contributed by atoms with Crippen LogP contribution in [0.4, 0.5) is 0 Å². The zero-order valence-electron chi connectivity index (χ0n) is 18.9. The van der Waals surface area contributed by atoms with Crippen LogP contribution in [0.3, 0.4) is 0 Å². The second-order valence-corrected chi connectivity index (χ2v) is 8.52. The smallest absolute Gasteiger partial charge is 0.336 e. The summed E-state index contributed by atoms with van der Waals surface area (Å²) in [5.41, 5.74) is 1.80. The summed E-state index contributed by atoms with van der Waals surface area (Å²) in [5.74, 6) is -2.04. The van der Waals surface area contributed by atoms with Crippen molar-refractivity contribution in [3.05, 3.63) is 69.2 Å². The van der Waals surface area contributed by atoms with E-state index in [-0.39, 0.29) is 28.5 Å². The summed E-state index contributed by atoms with van der Waals surface area (Å²) < 4.78 is 10.9. The average molecular weight is 498 g/mol. The molecule has 2 aromatic heterocycles. The van der Waals surface area contributed by atoms with Gasteiger partial charge in [-0.2, -0.15) is 0 Å². The molecule has 1 amide bonds. The summed E-state index contributed by atoms with van der Waals surface area (Å²) in [6.07, 6.45) is 1.00. The van der Waals surface area contributed by atoms with Gasteiger partial charge in [-0.05, 0) is 48.7 Å². The predicted octanol–water partition coefficient (Wildman–Crippen LogP) is 2.44. The minimum Gasteiger partial charge on any atom is -0.548 e. The summed E-state index contributed by atoms with van der Waals surface area (Å²) in [5, 5.41) is 25.4. The number of hydrogen-bond acceptors (Lipinski definition) is 7. The number of aromatic amines is 1. The van der Waals surface area contributed by atoms with Crippen molar-refractivity contribution in [1.29, 1.82) is 0 Å². The maximum Gasteiger partial charge on any atom is 0.336 e. The Balaban J connectivity index is 1.52. The molecule has 0 aliphatic rings. The van der Waals surface area contributed by atoms with Crippen LogP contribution in [0.5, 0.6) is 11.5 Å². The molecule has 0 bridgehead atoms. The topological polar surface area (TPSA) is 145 Å². The lowest BCUT2D eigenvalue weighted by molar-refractivity contribution is -0.308. The van der Waals surface area contributed by atoms with E-state index in [4.69, 9.17) is 20.8 Å². The van der Waals surface area contributed by atoms with Gasteiger partial charge < -0.3 is 34.5 Å². The van der Waals surface area contributed by atoms with Gasteiger partial charge in [0.15, 0.2) is 6.10 Å². The first-order valence-electron chi connectivity index (χ1n) is 10.9. The third-order valence-electron chi connectivity index (χ3n) is 5.71. The van der Waals surface area contributed by atoms with E-state index in [2.05, 4.69) is 10.3 Å². The molecule has 4 aromatic rings. The molecule has 3 N–H and O–H groups in total. The fourth-order valence-corrected chi connectivity index (χ4v) is 4.10. The van der Waals surface area contributed by atoms with E-state index in [1.807, 2.05) is 6.92 Å². The molecule has 9 nitrogen and oxygen atoms in total. The number of aromatic nitrogens is 1. The Kier molecular flexibility index (Phi) is 6.70. The number of aliphatic carboxylic acids is 1. The highest BCUT2D eigenvalue weighted by Gasteiger charge is 2.23. The van der Waals surface area contributed by atoms with Crippen molar-refractivity contribution < 1.29 is 29.0 Å². The minimum absolute atomic E-state index is 0.0311. The standard InChI is InChI=1S/C25H23ClN2O7/c1-3-13-7-23(30)35-21-10-22(18(26)9-17(13)21)34-12(2)24(31)28-20(25(32)33)6-14-11-27-19-5-4-15(29)8-16(14)19/h4-5,7-12,20,27,29H,3,6H2,1-2H3,(H,28,31)(H,32,33)/p-1/t12-,20+/m0/s1. The zero-order chi connectivity index (χ0) is 25.3. The first kappa shape index (κ1) is 24.2. The van der Waals surface area contributed by atoms with Crippen molar-refractivity contribution in [2.45, 2.75) is 38.8 Å². The van der Waals surface area contributed by atoms with Crippen LogP contribution in [-0.2, 0) is 22.4 Å². The number of carbonyl (C=O) groups is 2. The van der Waals surface area contributed by atoms with Crippen molar-refractivity contribution >= 4 is 45.3 Å². The molecule has 4 rings (SSSR count). The highest BCUT2D eigenvalue weighted by Crippen LogP contribution is 2.32. The molecule has 182 valence electrons. The summed E-state index contributed by atoms with van der Waals surface area (Å²) >= 11 is 6.34. The third-order valence-corrected chi connectivity index (χ3v) is 6.01. The van der Waals surface area contributed by atoms with Gasteiger partial charge >= 0.3 is 5.63 Å². The van der Waals surface area contributed by atoms with Gasteiger partial charge in [-0.3, -0.25) is 4.79 Å². The van der Waals surface area contributed by atoms with E-state index in [1.165, 1.54) is 31.2 Å². The zero-order valence-corrected chi connectivity index (χ0v) is 19.6. The Bertz CT molecular complexity index is 1490. The third kappa shape index (κ3) is 5.09. The van der Waals surface area contributed by atoms with Crippen molar-refractivity contribution in [1.82, 2.24) is 10.3 Å². The van der Waals surface area contributed by atoms with E-state index in [0.717, 1.165) is 5.56 Å². The normalized spacial score (nSPS) is 13.0. The monoisotopic (exact) mass is 497 g/mol. The summed E-state index contributed by atoms with van der Waals surface area (Å²) in [4.78, 5) is 39.3. The van der Waals surface area contributed by atoms with Gasteiger partial charge in [0.05, 0.1) is 17.0 Å². The number of phenolic OH excluding ortho intramolecular Hbond substituents is 1. The number of aromatic hydroxyl groups is 1. The Hall–Kier alpha value is -3.98. The van der Waals surface area contributed by atoms with Crippen LogP contribution in [-0.4, -0.2) is 34.1 Å². The van der Waals surface area contributed by atoms with Gasteiger partial charge in [0.25, 0.3) is 5.91 Å². The molecular weight excluding hydrogens is 476 g/mol. The van der Waals surface area contributed by atoms with Crippen molar-refractivity contribution in [3.8, 4) is 11.5 Å². The molecule has 0 saturated heterocycles. The number of amides is 1. The predicted molar refractivity (Wildman–Crippen MR) is 128 cm³/mol. The largest absolute Gasteiger partial charge is 0.548 e. The molecule has 2 aromatic carbocycles. The molecule has 10 heteroatoms. The van der Waals surface area contributed by atoms with Gasteiger partial charge in [-0.25, -0.2) is 4.79 Å². The van der Waals surface area contributed by atoms with Crippen molar-refractivity contribution in [2.75, 3.05) is 0 Å². The molecular formula is C25H22ClN2O7-. The fourth-order valence-electron chi connectivity index (χ4n) is 3.89. The van der Waals surface area contributed by atoms with E-state index >= 15 is 0 Å². The van der Waals surface area contributed by atoms with Gasteiger partial charge in [-0.15, -0.1) is 0 Å². The molecule has 2 atom stereocenters. The number of hydrogen-bond donors (Lipinski definition) is 3. The molecule has 0 aliphatic carbocycles. The number of H-pyrrole nitrogens is 1. The van der Waals surface area contributed by atoms with Crippen LogP contribution in [0.1, 0.15) is 25.0 Å². The second kappa shape index (κ2) is 9.71. The summed E-state index contributed by atoms with van der Waals surface area (Å²) in [6, 6.07) is 7.73. The maximum atomic E-state index is 12.7. The molecule has 0 aliphatic heterocycles. The number of nitrogens with one attached hydrogen (secondary N) is 2. The number of benzene rings is 2. The highest BCUT2D eigenvalue weighted by atomic mass is 35.5. The summed E-state index contributed by atoms with van der Waals surface area (Å²) in [7, 11) is 0. The summed E-state index contributed by atoms with van der Waals surface area (Å²) in [6.45, 7) is 3.33. The van der Waals surface area contributed by atoms with E-state index in [1.54, 1.807) is 18.3 Å². The number of fused-ring (bicyclic) bond motifs is 2. The maximum absolute atomic E-state index is 12.7. The van der Waals surface area contributed by atoms with Crippen molar-refractivity contribution in [3.63, 3.8) is 0 Å². The first-order valence-corrected chi connectivity index (χ1v) is 11.3. The second-order valence-electron chi connectivity index (χ2n) is 8.11. The van der Waals surface area contributed by atoms with Crippen molar-refractivity contribution in [2.24, 2.45) is 0 Å². The van der Waals surface area contributed by atoms with Gasteiger partial charge in [0, 0.05) is 41.0 Å². The molecule has 0 radical (unpaired) electrons. The highest BCUT2D eigenvalue weighted by molar-refractivity contribution is 6.32. The number of aryl methyl sites for hydroxylation is 1. The Morgan fingerprint density at radius 2 is 1.97 bits per heavy atom. The molecule has 35 heavy (non-hydrogen) atoms. The van der Waals surface area contributed by atoms with E-state index < -0.39 is 29.6 Å². The number of phenols is 1. The van der Waals surface area contributed by atoms with Crippen LogP contribution < -0.4 is 20.8 Å². The average Bonchev–Trinajstić information content (AvgIpc) is 3.20. The lowest BCUT2D eigenvalue weighted by Crippen LogP contribution is -2.52. The minimum atomic E-state index is -1.47.